The number of nitrogens with zero attached hydrogens (tertiary/aromatic N) is 2. The van der Waals surface area contributed by atoms with Gasteiger partial charge in [0.2, 0.25) is 5.91 Å². The molecule has 118 valence electrons. The topological polar surface area (TPSA) is 85.1 Å². The van der Waals surface area contributed by atoms with Crippen molar-refractivity contribution in [3.05, 3.63) is 32.6 Å². The van der Waals surface area contributed by atoms with E-state index in [0.717, 1.165) is 4.57 Å². The fourth-order valence-corrected chi connectivity index (χ4v) is 1.85. The lowest BCUT2D eigenvalue weighted by molar-refractivity contribution is -0.122. The van der Waals surface area contributed by atoms with Gasteiger partial charge in [0.05, 0.1) is 0 Å². The van der Waals surface area contributed by atoms with Gasteiger partial charge >= 0.3 is 5.69 Å². The number of carbonyl (C=O) groups excluding carboxylic acids is 1. The minimum Gasteiger partial charge on any atom is -0.351 e. The van der Waals surface area contributed by atoms with Crippen molar-refractivity contribution in [2.24, 2.45) is 14.1 Å². The molecule has 0 aliphatic heterocycles. The van der Waals surface area contributed by atoms with Crippen LogP contribution in [0.15, 0.2) is 15.7 Å². The highest BCUT2D eigenvalue weighted by Gasteiger charge is 2.13. The Morgan fingerprint density at radius 1 is 1.19 bits per heavy atom. The van der Waals surface area contributed by atoms with E-state index in [-0.39, 0.29) is 22.7 Å². The van der Waals surface area contributed by atoms with E-state index in [0.29, 0.717) is 25.2 Å². The molecule has 0 unspecified atom stereocenters. The molecule has 1 aromatic heterocycles. The molecule has 0 radical (unpaired) electrons. The standard InChI is InChI=1S/C14H24N4O3/c1-14(2,3)16-11(19)6-7-15-9-10-8-12(20)18(5)13(21)17(10)4/h8,15H,6-7,9H2,1-5H3,(H,16,19). The summed E-state index contributed by atoms with van der Waals surface area (Å²) >= 11 is 0. The number of hydrogen-bond donors (Lipinski definition) is 2. The van der Waals surface area contributed by atoms with Gasteiger partial charge in [-0.05, 0) is 20.8 Å². The van der Waals surface area contributed by atoms with Crippen molar-refractivity contribution in [3.8, 4) is 0 Å². The van der Waals surface area contributed by atoms with Crippen LogP contribution in [-0.2, 0) is 25.4 Å². The van der Waals surface area contributed by atoms with Crippen LogP contribution >= 0.6 is 0 Å². The van der Waals surface area contributed by atoms with Crippen LogP contribution in [0.4, 0.5) is 0 Å². The predicted molar refractivity (Wildman–Crippen MR) is 81.1 cm³/mol. The van der Waals surface area contributed by atoms with Gasteiger partial charge in [-0.3, -0.25) is 18.7 Å². The zero-order chi connectivity index (χ0) is 16.2. The number of nitrogens with one attached hydrogen (secondary N) is 2. The Bertz CT molecular complexity index is 623. The molecule has 0 saturated carbocycles. The smallest absolute Gasteiger partial charge is 0.330 e. The number of amides is 1. The summed E-state index contributed by atoms with van der Waals surface area (Å²) in [6, 6.07) is 1.42. The average Bonchev–Trinajstić information content (AvgIpc) is 2.35. The zero-order valence-electron chi connectivity index (χ0n) is 13.3. The highest BCUT2D eigenvalue weighted by molar-refractivity contribution is 5.76. The second-order valence-corrected chi connectivity index (χ2v) is 6.10. The van der Waals surface area contributed by atoms with E-state index >= 15 is 0 Å². The third-order valence-corrected chi connectivity index (χ3v) is 2.97. The summed E-state index contributed by atoms with van der Waals surface area (Å²) in [5.41, 5.74) is -0.337. The van der Waals surface area contributed by atoms with Crippen molar-refractivity contribution in [3.63, 3.8) is 0 Å². The first kappa shape index (κ1) is 17.2. The molecule has 0 saturated heterocycles. The molecule has 0 atom stereocenters. The summed E-state index contributed by atoms with van der Waals surface area (Å²) in [7, 11) is 3.06. The molecule has 0 spiro atoms. The molecule has 0 fully saturated rings. The lowest BCUT2D eigenvalue weighted by Gasteiger charge is -2.20. The predicted octanol–water partition coefficient (Wildman–Crippen LogP) is -0.522. The molecule has 0 aromatic carbocycles. The Balaban J connectivity index is 2.53. The van der Waals surface area contributed by atoms with Crippen molar-refractivity contribution in [1.82, 2.24) is 19.8 Å². The maximum absolute atomic E-state index is 11.7. The third-order valence-electron chi connectivity index (χ3n) is 2.97. The molecule has 7 heteroatoms. The fourth-order valence-electron chi connectivity index (χ4n) is 1.85. The van der Waals surface area contributed by atoms with E-state index in [4.69, 9.17) is 0 Å². The SMILES string of the molecule is Cn1c(CNCCC(=O)NC(C)(C)C)cc(=O)n(C)c1=O. The van der Waals surface area contributed by atoms with Crippen molar-refractivity contribution in [1.29, 1.82) is 0 Å². The summed E-state index contributed by atoms with van der Waals surface area (Å²) in [4.78, 5) is 34.9. The molecule has 0 bridgehead atoms. The van der Waals surface area contributed by atoms with Crippen molar-refractivity contribution >= 4 is 5.91 Å². The lowest BCUT2D eigenvalue weighted by Crippen LogP contribution is -2.42. The molecule has 1 rings (SSSR count). The molecular formula is C14H24N4O3. The monoisotopic (exact) mass is 296 g/mol. The molecular weight excluding hydrogens is 272 g/mol. The summed E-state index contributed by atoms with van der Waals surface area (Å²) in [5, 5.41) is 5.93. The van der Waals surface area contributed by atoms with Crippen LogP contribution < -0.4 is 21.9 Å². The molecule has 2 N–H and O–H groups in total. The number of carbonyl (C=O) groups is 1. The highest BCUT2D eigenvalue weighted by Crippen LogP contribution is 1.98. The first-order chi connectivity index (χ1) is 9.61. The second kappa shape index (κ2) is 6.71. The molecule has 1 heterocycles. The van der Waals surface area contributed by atoms with E-state index in [2.05, 4.69) is 10.6 Å². The van der Waals surface area contributed by atoms with Gasteiger partial charge in [-0.1, -0.05) is 0 Å². The van der Waals surface area contributed by atoms with Gasteiger partial charge in [-0.2, -0.15) is 0 Å². The van der Waals surface area contributed by atoms with Gasteiger partial charge in [0, 0.05) is 50.9 Å². The van der Waals surface area contributed by atoms with Crippen molar-refractivity contribution in [2.75, 3.05) is 6.54 Å². The van der Waals surface area contributed by atoms with Gasteiger partial charge in [0.25, 0.3) is 5.56 Å². The van der Waals surface area contributed by atoms with Gasteiger partial charge in [-0.25, -0.2) is 4.79 Å². The average molecular weight is 296 g/mol. The minimum absolute atomic E-state index is 0.0344. The molecule has 21 heavy (non-hydrogen) atoms. The Labute approximate surface area is 124 Å². The van der Waals surface area contributed by atoms with Gasteiger partial charge in [0.15, 0.2) is 0 Å². The highest BCUT2D eigenvalue weighted by atomic mass is 16.2. The van der Waals surface area contributed by atoms with Crippen molar-refractivity contribution < 1.29 is 4.79 Å². The summed E-state index contributed by atoms with van der Waals surface area (Å²) < 4.78 is 2.48. The maximum atomic E-state index is 11.7. The van der Waals surface area contributed by atoms with Crippen LogP contribution in [0.1, 0.15) is 32.9 Å². The Hall–Kier alpha value is -1.89. The van der Waals surface area contributed by atoms with Crippen LogP contribution in [0.5, 0.6) is 0 Å². The minimum atomic E-state index is -0.357. The molecule has 7 nitrogen and oxygen atoms in total. The first-order valence-corrected chi connectivity index (χ1v) is 6.89. The molecule has 0 aliphatic rings. The zero-order valence-corrected chi connectivity index (χ0v) is 13.3. The number of hydrogen-bond acceptors (Lipinski definition) is 4. The van der Waals surface area contributed by atoms with E-state index in [1.807, 2.05) is 20.8 Å². The Kier molecular flexibility index (Phi) is 5.48. The largest absolute Gasteiger partial charge is 0.351 e. The van der Waals surface area contributed by atoms with Crippen molar-refractivity contribution in [2.45, 2.75) is 39.3 Å². The first-order valence-electron chi connectivity index (χ1n) is 6.89. The Morgan fingerprint density at radius 3 is 2.38 bits per heavy atom. The van der Waals surface area contributed by atoms with Crippen LogP contribution in [0, 0.1) is 0 Å². The normalized spacial score (nSPS) is 11.5. The third kappa shape index (κ3) is 5.18. The van der Waals surface area contributed by atoms with Gasteiger partial charge < -0.3 is 10.6 Å². The lowest BCUT2D eigenvalue weighted by atomic mass is 10.1. The molecule has 0 aliphatic carbocycles. The Morgan fingerprint density at radius 2 is 1.81 bits per heavy atom. The summed E-state index contributed by atoms with van der Waals surface area (Å²) in [6.07, 6.45) is 0.343. The molecule has 1 amide bonds. The summed E-state index contributed by atoms with van der Waals surface area (Å²) in [5.74, 6) is -0.0344. The number of rotatable bonds is 5. The van der Waals surface area contributed by atoms with Crippen LogP contribution in [0.2, 0.25) is 0 Å². The van der Waals surface area contributed by atoms with Gasteiger partial charge in [-0.15, -0.1) is 0 Å². The summed E-state index contributed by atoms with van der Waals surface area (Å²) in [6.45, 7) is 6.62. The van der Waals surface area contributed by atoms with Gasteiger partial charge in [0.1, 0.15) is 0 Å². The van der Waals surface area contributed by atoms with Crippen LogP contribution in [0.3, 0.4) is 0 Å². The van der Waals surface area contributed by atoms with E-state index in [1.165, 1.54) is 17.7 Å². The van der Waals surface area contributed by atoms with E-state index in [9.17, 15) is 14.4 Å². The second-order valence-electron chi connectivity index (χ2n) is 6.10. The number of aromatic nitrogens is 2. The van der Waals surface area contributed by atoms with E-state index < -0.39 is 0 Å². The maximum Gasteiger partial charge on any atom is 0.330 e. The quantitative estimate of drug-likeness (QED) is 0.716. The van der Waals surface area contributed by atoms with E-state index in [1.54, 1.807) is 7.05 Å². The molecule has 1 aromatic rings. The van der Waals surface area contributed by atoms with Crippen LogP contribution in [0.25, 0.3) is 0 Å². The van der Waals surface area contributed by atoms with Crippen LogP contribution in [-0.4, -0.2) is 27.1 Å². The fraction of sp³-hybridized carbons (Fsp3) is 0.643.